The monoisotopic (exact) mass is 338 g/mol. The second kappa shape index (κ2) is 6.18. The highest BCUT2D eigenvalue weighted by Crippen LogP contribution is 2.25. The number of nitrogens with zero attached hydrogens (tertiary/aromatic N) is 4. The Kier molecular flexibility index (Phi) is 3.85. The Bertz CT molecular complexity index is 951. The fourth-order valence-corrected chi connectivity index (χ4v) is 3.13. The molecule has 0 spiro atoms. The van der Waals surface area contributed by atoms with Crippen LogP contribution in [0.15, 0.2) is 36.7 Å². The summed E-state index contributed by atoms with van der Waals surface area (Å²) in [5.74, 6) is -0.286. The first-order chi connectivity index (χ1) is 12.1. The zero-order valence-electron chi connectivity index (χ0n) is 13.8. The largest absolute Gasteiger partial charge is 0.492 e. The van der Waals surface area contributed by atoms with E-state index in [-0.39, 0.29) is 5.56 Å². The van der Waals surface area contributed by atoms with Crippen LogP contribution in [-0.2, 0) is 20.1 Å². The molecule has 1 aliphatic rings. The molecule has 0 unspecified atom stereocenters. The maximum Gasteiger partial charge on any atom is 0.335 e. The van der Waals surface area contributed by atoms with Crippen molar-refractivity contribution in [2.45, 2.75) is 13.1 Å². The highest BCUT2D eigenvalue weighted by atomic mass is 16.5. The summed E-state index contributed by atoms with van der Waals surface area (Å²) < 4.78 is 7.51. The van der Waals surface area contributed by atoms with Gasteiger partial charge in [0.15, 0.2) is 5.65 Å². The van der Waals surface area contributed by atoms with Gasteiger partial charge in [0, 0.05) is 43.8 Å². The Morgan fingerprint density at radius 2 is 2.20 bits per heavy atom. The molecule has 7 heteroatoms. The molecule has 128 valence electrons. The van der Waals surface area contributed by atoms with E-state index >= 15 is 0 Å². The van der Waals surface area contributed by atoms with Crippen molar-refractivity contribution in [3.8, 4) is 5.75 Å². The zero-order chi connectivity index (χ0) is 17.4. The first-order valence-electron chi connectivity index (χ1n) is 8.08. The molecule has 1 aromatic carbocycles. The molecule has 1 aliphatic heterocycles. The fourth-order valence-electron chi connectivity index (χ4n) is 3.13. The van der Waals surface area contributed by atoms with E-state index < -0.39 is 5.97 Å². The predicted molar refractivity (Wildman–Crippen MR) is 91.5 cm³/mol. The number of aromatic nitrogens is 3. The summed E-state index contributed by atoms with van der Waals surface area (Å²) in [5, 5.41) is 14.4. The molecule has 0 amide bonds. The number of hydrogen-bond acceptors (Lipinski definition) is 5. The summed E-state index contributed by atoms with van der Waals surface area (Å²) in [6.07, 6.45) is 3.70. The van der Waals surface area contributed by atoms with Gasteiger partial charge in [0.2, 0.25) is 0 Å². The van der Waals surface area contributed by atoms with Crippen LogP contribution < -0.4 is 4.74 Å². The minimum Gasteiger partial charge on any atom is -0.492 e. The third-order valence-corrected chi connectivity index (χ3v) is 4.41. The molecule has 0 aliphatic carbocycles. The lowest BCUT2D eigenvalue weighted by molar-refractivity contribution is 0.0696. The van der Waals surface area contributed by atoms with Gasteiger partial charge in [-0.2, -0.15) is 5.10 Å². The second-order valence-corrected chi connectivity index (χ2v) is 6.21. The van der Waals surface area contributed by atoms with Gasteiger partial charge in [0.05, 0.1) is 11.8 Å². The minimum absolute atomic E-state index is 0.249. The van der Waals surface area contributed by atoms with Crippen LogP contribution in [0.3, 0.4) is 0 Å². The Balaban J connectivity index is 1.55. The van der Waals surface area contributed by atoms with E-state index in [1.165, 1.54) is 0 Å². The number of ether oxygens (including phenoxy) is 1. The summed E-state index contributed by atoms with van der Waals surface area (Å²) in [7, 11) is 1.88. The normalized spacial score (nSPS) is 14.8. The lowest BCUT2D eigenvalue weighted by Crippen LogP contribution is -2.25. The maximum absolute atomic E-state index is 11.1. The quantitative estimate of drug-likeness (QED) is 0.787. The van der Waals surface area contributed by atoms with E-state index in [2.05, 4.69) is 21.0 Å². The minimum atomic E-state index is -0.941. The third kappa shape index (κ3) is 3.06. The highest BCUT2D eigenvalue weighted by molar-refractivity contribution is 5.88. The Morgan fingerprint density at radius 1 is 1.32 bits per heavy atom. The van der Waals surface area contributed by atoms with Gasteiger partial charge in [-0.05, 0) is 23.8 Å². The molecule has 0 bridgehead atoms. The van der Waals surface area contributed by atoms with Gasteiger partial charge in [-0.25, -0.2) is 9.78 Å². The zero-order valence-corrected chi connectivity index (χ0v) is 13.8. The predicted octanol–water partition coefficient (Wildman–Crippen LogP) is 2.06. The van der Waals surface area contributed by atoms with Crippen molar-refractivity contribution in [3.63, 3.8) is 0 Å². The van der Waals surface area contributed by atoms with Gasteiger partial charge >= 0.3 is 5.97 Å². The molecule has 0 radical (unpaired) electrons. The average Bonchev–Trinajstić information content (AvgIpc) is 2.84. The number of carboxylic acids is 1. The molecule has 3 heterocycles. The van der Waals surface area contributed by atoms with Crippen LogP contribution in [0.1, 0.15) is 21.5 Å². The van der Waals surface area contributed by atoms with Crippen molar-refractivity contribution >= 4 is 17.0 Å². The molecular weight excluding hydrogens is 320 g/mol. The van der Waals surface area contributed by atoms with Crippen LogP contribution >= 0.6 is 0 Å². The van der Waals surface area contributed by atoms with Gasteiger partial charge in [0.1, 0.15) is 12.4 Å². The summed E-state index contributed by atoms with van der Waals surface area (Å²) in [6.45, 7) is 2.75. The van der Waals surface area contributed by atoms with Gasteiger partial charge < -0.3 is 9.84 Å². The van der Waals surface area contributed by atoms with Crippen LogP contribution in [0, 0.1) is 0 Å². The first-order valence-corrected chi connectivity index (χ1v) is 8.08. The number of aromatic carboxylic acids is 1. The van der Waals surface area contributed by atoms with E-state index in [0.717, 1.165) is 35.2 Å². The molecule has 0 saturated carbocycles. The topological polar surface area (TPSA) is 80.5 Å². The molecule has 3 aromatic rings. The van der Waals surface area contributed by atoms with Gasteiger partial charge in [0.25, 0.3) is 0 Å². The summed E-state index contributed by atoms with van der Waals surface area (Å²) in [6, 6.07) is 7.16. The van der Waals surface area contributed by atoms with E-state index in [4.69, 9.17) is 9.84 Å². The van der Waals surface area contributed by atoms with E-state index in [0.29, 0.717) is 18.9 Å². The van der Waals surface area contributed by atoms with Gasteiger partial charge in [-0.3, -0.25) is 9.58 Å². The smallest absolute Gasteiger partial charge is 0.335 e. The van der Waals surface area contributed by atoms with Crippen molar-refractivity contribution in [2.24, 2.45) is 7.05 Å². The fraction of sp³-hybridized carbons (Fsp3) is 0.278. The van der Waals surface area contributed by atoms with E-state index in [9.17, 15) is 4.79 Å². The molecule has 7 nitrogen and oxygen atoms in total. The van der Waals surface area contributed by atoms with E-state index in [1.54, 1.807) is 16.8 Å². The number of rotatable bonds is 3. The molecule has 25 heavy (non-hydrogen) atoms. The number of carboxylic acid groups (broad SMARTS) is 1. The second-order valence-electron chi connectivity index (χ2n) is 6.21. The van der Waals surface area contributed by atoms with Crippen molar-refractivity contribution in [1.29, 1.82) is 0 Å². The molecule has 0 atom stereocenters. The average molecular weight is 338 g/mol. The number of fused-ring (bicyclic) bond motifs is 2. The SMILES string of the molecule is Cn1ncc2cc(CN3CCOc4cc(C(=O)O)ccc4C3)cnc21. The standard InChI is InChI=1S/C18H18N4O3/c1-21-17-15(9-20-21)6-12(8-19-17)10-22-4-5-25-16-7-13(18(23)24)2-3-14(16)11-22/h2-3,6-9H,4-5,10-11H2,1H3,(H,23,24). The Labute approximate surface area is 144 Å². The van der Waals surface area contributed by atoms with Crippen LogP contribution in [-0.4, -0.2) is 43.9 Å². The third-order valence-electron chi connectivity index (χ3n) is 4.41. The van der Waals surface area contributed by atoms with Crippen LogP contribution in [0.25, 0.3) is 11.0 Å². The number of aryl methyl sites for hydroxylation is 1. The molecule has 2 aromatic heterocycles. The molecule has 0 fully saturated rings. The molecule has 0 saturated heterocycles. The lowest BCUT2D eigenvalue weighted by Gasteiger charge is -2.19. The van der Waals surface area contributed by atoms with Crippen LogP contribution in [0.4, 0.5) is 0 Å². The van der Waals surface area contributed by atoms with Crippen molar-refractivity contribution in [1.82, 2.24) is 19.7 Å². The molecule has 1 N–H and O–H groups in total. The number of carbonyl (C=O) groups is 1. The number of pyridine rings is 1. The lowest BCUT2D eigenvalue weighted by atomic mass is 10.1. The highest BCUT2D eigenvalue weighted by Gasteiger charge is 2.17. The van der Waals surface area contributed by atoms with Gasteiger partial charge in [-0.15, -0.1) is 0 Å². The van der Waals surface area contributed by atoms with Crippen molar-refractivity contribution in [3.05, 3.63) is 53.3 Å². The maximum atomic E-state index is 11.1. The van der Waals surface area contributed by atoms with Crippen LogP contribution in [0.2, 0.25) is 0 Å². The molecular formula is C18H18N4O3. The summed E-state index contributed by atoms with van der Waals surface area (Å²) in [4.78, 5) is 17.9. The number of benzene rings is 1. The summed E-state index contributed by atoms with van der Waals surface area (Å²) in [5.41, 5.74) is 3.23. The van der Waals surface area contributed by atoms with Crippen LogP contribution in [0.5, 0.6) is 5.75 Å². The van der Waals surface area contributed by atoms with Crippen molar-refractivity contribution < 1.29 is 14.6 Å². The molecule has 4 rings (SSSR count). The van der Waals surface area contributed by atoms with E-state index in [1.807, 2.05) is 25.5 Å². The Hall–Kier alpha value is -2.93. The summed E-state index contributed by atoms with van der Waals surface area (Å²) >= 11 is 0. The first kappa shape index (κ1) is 15.6. The van der Waals surface area contributed by atoms with Gasteiger partial charge in [-0.1, -0.05) is 6.07 Å². The number of hydrogen-bond donors (Lipinski definition) is 1. The van der Waals surface area contributed by atoms with Crippen molar-refractivity contribution in [2.75, 3.05) is 13.2 Å². The Morgan fingerprint density at radius 3 is 3.04 bits per heavy atom.